The summed E-state index contributed by atoms with van der Waals surface area (Å²) in [6, 6.07) is 45.5. The Labute approximate surface area is 310 Å². The molecule has 0 spiro atoms. The minimum absolute atomic E-state index is 0.236. The van der Waals surface area contributed by atoms with E-state index in [9.17, 15) is 0 Å². The fourth-order valence-electron chi connectivity index (χ4n) is 10.4. The Morgan fingerprint density at radius 3 is 2.17 bits per heavy atom. The van der Waals surface area contributed by atoms with Gasteiger partial charge in [-0.25, -0.2) is 0 Å². The van der Waals surface area contributed by atoms with Crippen LogP contribution in [0.3, 0.4) is 0 Å². The van der Waals surface area contributed by atoms with Gasteiger partial charge in [-0.05, 0) is 104 Å². The van der Waals surface area contributed by atoms with Crippen LogP contribution in [-0.2, 0) is 5.41 Å². The zero-order valence-electron chi connectivity index (χ0n) is 30.3. The maximum Gasteiger partial charge on any atom is 0.144 e. The number of para-hydroxylation sites is 1. The molecule has 0 bridgehead atoms. The molecule has 0 aliphatic heterocycles. The van der Waals surface area contributed by atoms with Crippen molar-refractivity contribution in [1.82, 2.24) is 0 Å². The number of fused-ring (bicyclic) bond motifs is 13. The summed E-state index contributed by atoms with van der Waals surface area (Å²) in [4.78, 5) is 2.80. The topological polar surface area (TPSA) is 16.4 Å². The highest BCUT2D eigenvalue weighted by atomic mass is 16.3. The maximum atomic E-state index is 6.86. The molecule has 0 radical (unpaired) electrons. The molecule has 2 heteroatoms. The minimum Gasteiger partial charge on any atom is -0.455 e. The zero-order valence-corrected chi connectivity index (χ0v) is 30.3. The van der Waals surface area contributed by atoms with E-state index >= 15 is 0 Å². The molecular weight excluding hydrogens is 643 g/mol. The van der Waals surface area contributed by atoms with E-state index in [4.69, 9.17) is 4.42 Å². The molecule has 53 heavy (non-hydrogen) atoms. The lowest BCUT2D eigenvalue weighted by molar-refractivity contribution is 0.508. The molecule has 0 amide bonds. The monoisotopic (exact) mass is 683 g/mol. The number of rotatable bonds is 4. The molecular formula is C51H41NO. The molecule has 0 N–H and O–H groups in total. The summed E-state index contributed by atoms with van der Waals surface area (Å²) in [5.41, 5.74) is 11.4. The molecule has 2 unspecified atom stereocenters. The third-order valence-electron chi connectivity index (χ3n) is 12.6. The number of allylic oxidation sites excluding steroid dienone is 3. The third-order valence-corrected chi connectivity index (χ3v) is 12.6. The van der Waals surface area contributed by atoms with Gasteiger partial charge in [0.2, 0.25) is 0 Å². The van der Waals surface area contributed by atoms with E-state index in [2.05, 4.69) is 170 Å². The van der Waals surface area contributed by atoms with E-state index in [1.54, 1.807) is 0 Å². The Morgan fingerprint density at radius 1 is 0.642 bits per heavy atom. The maximum absolute atomic E-state index is 6.86. The molecule has 0 fully saturated rings. The zero-order chi connectivity index (χ0) is 35.3. The highest BCUT2D eigenvalue weighted by Crippen LogP contribution is 2.58. The largest absolute Gasteiger partial charge is 0.455 e. The second kappa shape index (κ2) is 11.6. The predicted molar refractivity (Wildman–Crippen MR) is 225 cm³/mol. The summed E-state index contributed by atoms with van der Waals surface area (Å²) in [7, 11) is 0. The van der Waals surface area contributed by atoms with Crippen molar-refractivity contribution in [3.63, 3.8) is 0 Å². The second-order valence-electron chi connectivity index (χ2n) is 15.8. The van der Waals surface area contributed by atoms with Crippen molar-refractivity contribution in [2.75, 3.05) is 4.90 Å². The molecule has 11 rings (SSSR count). The predicted octanol–water partition coefficient (Wildman–Crippen LogP) is 13.7. The minimum atomic E-state index is -0.236. The first-order valence-corrected chi connectivity index (χ1v) is 19.3. The number of furan rings is 1. The van der Waals surface area contributed by atoms with E-state index in [-0.39, 0.29) is 11.5 Å². The number of anilines is 1. The van der Waals surface area contributed by atoms with E-state index in [0.717, 1.165) is 36.8 Å². The van der Waals surface area contributed by atoms with Crippen molar-refractivity contribution in [3.05, 3.63) is 168 Å². The van der Waals surface area contributed by atoms with Crippen LogP contribution in [0.1, 0.15) is 56.2 Å². The van der Waals surface area contributed by atoms with Gasteiger partial charge in [0.15, 0.2) is 0 Å². The smallest absolute Gasteiger partial charge is 0.144 e. The van der Waals surface area contributed by atoms with Gasteiger partial charge in [-0.2, -0.15) is 0 Å². The van der Waals surface area contributed by atoms with Crippen molar-refractivity contribution >= 4 is 65.5 Å². The summed E-state index contributed by atoms with van der Waals surface area (Å²) >= 11 is 0. The lowest BCUT2D eigenvalue weighted by atomic mass is 9.78. The molecule has 8 aromatic rings. The van der Waals surface area contributed by atoms with Crippen LogP contribution < -0.4 is 4.90 Å². The fraction of sp³-hybridized carbons (Fsp3) is 0.176. The van der Waals surface area contributed by atoms with Crippen molar-refractivity contribution in [2.45, 2.75) is 57.0 Å². The number of hydrogen-bond acceptors (Lipinski definition) is 2. The molecule has 0 saturated heterocycles. The summed E-state index contributed by atoms with van der Waals surface area (Å²) in [5, 5.41) is 10.4. The van der Waals surface area contributed by atoms with Crippen LogP contribution in [0.25, 0.3) is 71.0 Å². The van der Waals surface area contributed by atoms with Crippen LogP contribution in [-0.4, -0.2) is 12.1 Å². The Bertz CT molecular complexity index is 2900. The number of hydrogen-bond donors (Lipinski definition) is 0. The van der Waals surface area contributed by atoms with Gasteiger partial charge in [-0.15, -0.1) is 0 Å². The third kappa shape index (κ3) is 4.45. The molecule has 7 aromatic carbocycles. The Balaban J connectivity index is 1.08. The molecule has 2 nitrogen and oxygen atoms in total. The van der Waals surface area contributed by atoms with Gasteiger partial charge >= 0.3 is 0 Å². The van der Waals surface area contributed by atoms with Gasteiger partial charge in [0.25, 0.3) is 0 Å². The Morgan fingerprint density at radius 2 is 1.38 bits per heavy atom. The highest BCUT2D eigenvalue weighted by Gasteiger charge is 2.43. The van der Waals surface area contributed by atoms with Crippen molar-refractivity contribution in [1.29, 1.82) is 0 Å². The highest BCUT2D eigenvalue weighted by molar-refractivity contribution is 6.25. The van der Waals surface area contributed by atoms with Gasteiger partial charge in [0.1, 0.15) is 11.2 Å². The molecule has 256 valence electrons. The molecule has 3 aliphatic rings. The average Bonchev–Trinajstić information content (AvgIpc) is 3.72. The lowest BCUT2D eigenvalue weighted by Crippen LogP contribution is -2.44. The van der Waals surface area contributed by atoms with Crippen LogP contribution in [0.5, 0.6) is 0 Å². The first-order chi connectivity index (χ1) is 26.1. The molecule has 3 aliphatic carbocycles. The van der Waals surface area contributed by atoms with Gasteiger partial charge in [0.05, 0.1) is 6.04 Å². The summed E-state index contributed by atoms with van der Waals surface area (Å²) in [6.07, 6.45) is 16.0. The van der Waals surface area contributed by atoms with Gasteiger partial charge in [-0.1, -0.05) is 147 Å². The van der Waals surface area contributed by atoms with Crippen molar-refractivity contribution in [3.8, 4) is 11.1 Å². The number of benzene rings is 7. The molecule has 2 atom stereocenters. The number of nitrogens with zero attached hydrogens (tertiary/aromatic N) is 1. The van der Waals surface area contributed by atoms with Gasteiger partial charge in [0, 0.05) is 33.5 Å². The summed E-state index contributed by atoms with van der Waals surface area (Å²) in [5.74, 6) is 0. The van der Waals surface area contributed by atoms with E-state index < -0.39 is 0 Å². The van der Waals surface area contributed by atoms with Crippen molar-refractivity contribution in [2.24, 2.45) is 0 Å². The molecule has 0 saturated carbocycles. The first kappa shape index (κ1) is 30.7. The summed E-state index contributed by atoms with van der Waals surface area (Å²) in [6.45, 7) is 4.89. The summed E-state index contributed by atoms with van der Waals surface area (Å²) < 4.78 is 6.86. The van der Waals surface area contributed by atoms with Gasteiger partial charge < -0.3 is 9.32 Å². The SMILES string of the molecule is CC1(C)c2c(cccc2N(C2C=CC=CC2)C2CC=C(c3cc4ccccc4c4ccccc34)CC2)-c2c1c1ccccc1c1c2oc2ccccc21. The average molecular weight is 684 g/mol. The fourth-order valence-corrected chi connectivity index (χ4v) is 10.4. The van der Waals surface area contributed by atoms with Crippen LogP contribution in [0.4, 0.5) is 5.69 Å². The quantitative estimate of drug-likeness (QED) is 0.172. The molecule has 1 aromatic heterocycles. The Kier molecular flexibility index (Phi) is 6.71. The van der Waals surface area contributed by atoms with Crippen LogP contribution in [0, 0.1) is 0 Å². The van der Waals surface area contributed by atoms with E-state index in [1.807, 2.05) is 0 Å². The van der Waals surface area contributed by atoms with Crippen LogP contribution in [0.2, 0.25) is 0 Å². The van der Waals surface area contributed by atoms with Crippen LogP contribution in [0.15, 0.2) is 156 Å². The normalized spacial score (nSPS) is 18.9. The first-order valence-electron chi connectivity index (χ1n) is 19.3. The molecule has 1 heterocycles. The van der Waals surface area contributed by atoms with E-state index in [0.29, 0.717) is 6.04 Å². The Hall–Kier alpha value is -5.86. The lowest BCUT2D eigenvalue weighted by Gasteiger charge is -2.43. The van der Waals surface area contributed by atoms with E-state index in [1.165, 1.54) is 82.2 Å². The second-order valence-corrected chi connectivity index (χ2v) is 15.8. The van der Waals surface area contributed by atoms with Crippen LogP contribution >= 0.6 is 0 Å². The van der Waals surface area contributed by atoms with Crippen molar-refractivity contribution < 1.29 is 4.42 Å². The standard InChI is InChI=1S/C51H41NO/c1-51(2)48-42(47-49(51)40-22-11-10-21-39(40)46-41-23-12-13-26-45(41)53-50(46)47)24-14-25-44(48)52(34-16-4-3-5-17-34)35-29-27-32(28-30-35)43-31-33-15-6-7-18-36(33)37-19-8-9-20-38(37)43/h3-16,18-27,31,34-35H,17,28-30H2,1-2H3. The van der Waals surface area contributed by atoms with Gasteiger partial charge in [-0.3, -0.25) is 0 Å².